The fourth-order valence-electron chi connectivity index (χ4n) is 2.05. The molecule has 102 valence electrons. The summed E-state index contributed by atoms with van der Waals surface area (Å²) in [4.78, 5) is 25.1. The van der Waals surface area contributed by atoms with Crippen LogP contribution in [-0.4, -0.2) is 23.4 Å². The molecule has 0 radical (unpaired) electrons. The molecule has 1 saturated heterocycles. The highest BCUT2D eigenvalue weighted by atomic mass is 19.1. The van der Waals surface area contributed by atoms with E-state index in [0.29, 0.717) is 0 Å². The Bertz CT molecular complexity index is 558. The van der Waals surface area contributed by atoms with Crippen LogP contribution in [0.5, 0.6) is 0 Å². The Balaban J connectivity index is 2.54. The molecule has 4 nitrogen and oxygen atoms in total. The number of halogens is 2. The molecule has 1 aliphatic heterocycles. The Morgan fingerprint density at radius 3 is 2.53 bits per heavy atom. The van der Waals surface area contributed by atoms with Crippen molar-refractivity contribution in [1.82, 2.24) is 5.32 Å². The fourth-order valence-corrected chi connectivity index (χ4v) is 2.05. The van der Waals surface area contributed by atoms with Crippen LogP contribution in [-0.2, 0) is 9.59 Å². The SMILES string of the molecule is CC1C(=O)NC(C)(C)C(=O)N1c1cc(F)ccc1F. The van der Waals surface area contributed by atoms with Crippen LogP contribution in [0.1, 0.15) is 20.8 Å². The molecular weight excluding hydrogens is 254 g/mol. The number of amides is 2. The summed E-state index contributed by atoms with van der Waals surface area (Å²) in [6.07, 6.45) is 0. The number of hydrogen-bond acceptors (Lipinski definition) is 2. The van der Waals surface area contributed by atoms with Crippen molar-refractivity contribution < 1.29 is 18.4 Å². The molecule has 2 rings (SSSR count). The molecule has 0 aliphatic carbocycles. The van der Waals surface area contributed by atoms with Gasteiger partial charge in [-0.3, -0.25) is 14.5 Å². The van der Waals surface area contributed by atoms with Crippen LogP contribution < -0.4 is 10.2 Å². The van der Waals surface area contributed by atoms with Gasteiger partial charge in [-0.2, -0.15) is 0 Å². The zero-order valence-electron chi connectivity index (χ0n) is 10.8. The van der Waals surface area contributed by atoms with E-state index in [1.54, 1.807) is 0 Å². The third kappa shape index (κ3) is 2.18. The molecule has 0 bridgehead atoms. The predicted octanol–water partition coefficient (Wildman–Crippen LogP) is 1.59. The van der Waals surface area contributed by atoms with Gasteiger partial charge < -0.3 is 5.32 Å². The van der Waals surface area contributed by atoms with E-state index in [9.17, 15) is 18.4 Å². The van der Waals surface area contributed by atoms with Crippen molar-refractivity contribution in [2.75, 3.05) is 4.90 Å². The maximum atomic E-state index is 13.8. The van der Waals surface area contributed by atoms with Gasteiger partial charge in [-0.25, -0.2) is 8.78 Å². The van der Waals surface area contributed by atoms with Gasteiger partial charge in [0.25, 0.3) is 5.91 Å². The van der Waals surface area contributed by atoms with E-state index >= 15 is 0 Å². The van der Waals surface area contributed by atoms with Crippen molar-refractivity contribution in [2.45, 2.75) is 32.4 Å². The lowest BCUT2D eigenvalue weighted by Crippen LogP contribution is -2.67. The molecule has 2 amide bonds. The number of piperazine rings is 1. The first kappa shape index (κ1) is 13.5. The van der Waals surface area contributed by atoms with Gasteiger partial charge in [0.05, 0.1) is 5.69 Å². The average Bonchev–Trinajstić information content (AvgIpc) is 2.31. The van der Waals surface area contributed by atoms with Crippen molar-refractivity contribution >= 4 is 17.5 Å². The minimum Gasteiger partial charge on any atom is -0.340 e. The van der Waals surface area contributed by atoms with Gasteiger partial charge in [0.1, 0.15) is 23.2 Å². The van der Waals surface area contributed by atoms with Crippen LogP contribution in [0.2, 0.25) is 0 Å². The maximum absolute atomic E-state index is 13.8. The van der Waals surface area contributed by atoms with Gasteiger partial charge in [-0.15, -0.1) is 0 Å². The van der Waals surface area contributed by atoms with Crippen LogP contribution in [0.4, 0.5) is 14.5 Å². The number of nitrogens with zero attached hydrogens (tertiary/aromatic N) is 1. The molecule has 1 unspecified atom stereocenters. The van der Waals surface area contributed by atoms with E-state index in [4.69, 9.17) is 0 Å². The van der Waals surface area contributed by atoms with Crippen molar-refractivity contribution in [3.63, 3.8) is 0 Å². The molecule has 19 heavy (non-hydrogen) atoms. The smallest absolute Gasteiger partial charge is 0.252 e. The monoisotopic (exact) mass is 268 g/mol. The molecule has 1 heterocycles. The van der Waals surface area contributed by atoms with E-state index in [-0.39, 0.29) is 5.69 Å². The summed E-state index contributed by atoms with van der Waals surface area (Å²) in [6.45, 7) is 4.50. The van der Waals surface area contributed by atoms with Gasteiger partial charge >= 0.3 is 0 Å². The average molecular weight is 268 g/mol. The molecule has 1 N–H and O–H groups in total. The van der Waals surface area contributed by atoms with E-state index in [1.807, 2.05) is 0 Å². The number of carbonyl (C=O) groups is 2. The van der Waals surface area contributed by atoms with Crippen molar-refractivity contribution in [2.24, 2.45) is 0 Å². The molecule has 1 aliphatic rings. The summed E-state index contributed by atoms with van der Waals surface area (Å²) in [5, 5.41) is 2.54. The second kappa shape index (κ2) is 4.29. The Morgan fingerprint density at radius 2 is 1.89 bits per heavy atom. The fraction of sp³-hybridized carbons (Fsp3) is 0.385. The van der Waals surface area contributed by atoms with Crippen molar-refractivity contribution in [1.29, 1.82) is 0 Å². The number of benzene rings is 1. The van der Waals surface area contributed by atoms with E-state index in [2.05, 4.69) is 5.32 Å². The number of rotatable bonds is 1. The first-order valence-electron chi connectivity index (χ1n) is 5.85. The summed E-state index contributed by atoms with van der Waals surface area (Å²) in [5.41, 5.74) is -1.37. The van der Waals surface area contributed by atoms with Gasteiger partial charge in [0.2, 0.25) is 5.91 Å². The summed E-state index contributed by atoms with van der Waals surface area (Å²) < 4.78 is 27.0. The lowest BCUT2D eigenvalue weighted by atomic mass is 9.96. The zero-order chi connectivity index (χ0) is 14.4. The molecule has 1 aromatic carbocycles. The molecule has 0 saturated carbocycles. The van der Waals surface area contributed by atoms with Gasteiger partial charge in [-0.05, 0) is 32.9 Å². The van der Waals surface area contributed by atoms with E-state index in [0.717, 1.165) is 23.1 Å². The van der Waals surface area contributed by atoms with E-state index < -0.39 is 35.0 Å². The normalized spacial score (nSPS) is 22.4. The number of carbonyl (C=O) groups excluding carboxylic acids is 2. The molecular formula is C13H14F2N2O2. The van der Waals surface area contributed by atoms with Crippen LogP contribution in [0.15, 0.2) is 18.2 Å². The Hall–Kier alpha value is -1.98. The standard InChI is InChI=1S/C13H14F2N2O2/c1-7-11(18)16-13(2,3)12(19)17(7)10-6-8(14)4-5-9(10)15/h4-7H,1-3H3,(H,16,18). The van der Waals surface area contributed by atoms with Crippen LogP contribution in [0.25, 0.3) is 0 Å². The Morgan fingerprint density at radius 1 is 1.26 bits per heavy atom. The first-order chi connectivity index (χ1) is 8.74. The summed E-state index contributed by atoms with van der Waals surface area (Å²) >= 11 is 0. The summed E-state index contributed by atoms with van der Waals surface area (Å²) in [6, 6.07) is 1.92. The van der Waals surface area contributed by atoms with Gasteiger partial charge in [0, 0.05) is 6.07 Å². The molecule has 1 aromatic rings. The maximum Gasteiger partial charge on any atom is 0.252 e. The quantitative estimate of drug-likeness (QED) is 0.841. The molecule has 1 atom stereocenters. The minimum absolute atomic E-state index is 0.222. The molecule has 6 heteroatoms. The van der Waals surface area contributed by atoms with Crippen molar-refractivity contribution in [3.05, 3.63) is 29.8 Å². The predicted molar refractivity (Wildman–Crippen MR) is 65.5 cm³/mol. The lowest BCUT2D eigenvalue weighted by molar-refractivity contribution is -0.136. The lowest BCUT2D eigenvalue weighted by Gasteiger charge is -2.41. The minimum atomic E-state index is -1.15. The van der Waals surface area contributed by atoms with Gasteiger partial charge in [0.15, 0.2) is 0 Å². The van der Waals surface area contributed by atoms with Gasteiger partial charge in [-0.1, -0.05) is 0 Å². The highest BCUT2D eigenvalue weighted by Crippen LogP contribution is 2.28. The van der Waals surface area contributed by atoms with Crippen molar-refractivity contribution in [3.8, 4) is 0 Å². The summed E-state index contributed by atoms with van der Waals surface area (Å²) in [5.74, 6) is -2.30. The largest absolute Gasteiger partial charge is 0.340 e. The molecule has 0 aromatic heterocycles. The second-order valence-corrected chi connectivity index (χ2v) is 5.06. The third-order valence-corrected chi connectivity index (χ3v) is 3.12. The van der Waals surface area contributed by atoms with E-state index in [1.165, 1.54) is 20.8 Å². The highest BCUT2D eigenvalue weighted by Gasteiger charge is 2.44. The molecule has 1 fully saturated rings. The topological polar surface area (TPSA) is 49.4 Å². The third-order valence-electron chi connectivity index (χ3n) is 3.12. The van der Waals surface area contributed by atoms with Crippen LogP contribution >= 0.6 is 0 Å². The Labute approximate surface area is 109 Å². The Kier molecular flexibility index (Phi) is 3.04. The highest BCUT2D eigenvalue weighted by molar-refractivity contribution is 6.10. The summed E-state index contributed by atoms with van der Waals surface area (Å²) in [7, 11) is 0. The number of hydrogen-bond donors (Lipinski definition) is 1. The molecule has 0 spiro atoms. The van der Waals surface area contributed by atoms with Crippen LogP contribution in [0.3, 0.4) is 0 Å². The number of nitrogens with one attached hydrogen (secondary N) is 1. The van der Waals surface area contributed by atoms with Crippen LogP contribution in [0, 0.1) is 11.6 Å². The number of anilines is 1. The first-order valence-corrected chi connectivity index (χ1v) is 5.85. The second-order valence-electron chi connectivity index (χ2n) is 5.06. The zero-order valence-corrected chi connectivity index (χ0v) is 10.8.